The maximum atomic E-state index is 10.5. The van der Waals surface area contributed by atoms with Crippen LogP contribution in [0.2, 0.25) is 5.15 Å². The maximum absolute atomic E-state index is 10.5. The van der Waals surface area contributed by atoms with Gasteiger partial charge >= 0.3 is 0 Å². The third-order valence-electron chi connectivity index (χ3n) is 13.1. The van der Waals surface area contributed by atoms with Crippen molar-refractivity contribution in [1.29, 1.82) is 0 Å². The van der Waals surface area contributed by atoms with Gasteiger partial charge in [-0.15, -0.1) is 10.2 Å². The highest BCUT2D eigenvalue weighted by atomic mass is 35.5. The first-order chi connectivity index (χ1) is 34.2. The molecule has 4 aromatic heterocycles. The number of anilines is 1. The normalized spacial score (nSPS) is 30.5. The first kappa shape index (κ1) is 49.9. The van der Waals surface area contributed by atoms with Crippen molar-refractivity contribution in [3.8, 4) is 0 Å². The lowest BCUT2D eigenvalue weighted by Gasteiger charge is -2.29. The van der Waals surface area contributed by atoms with Gasteiger partial charge in [0.2, 0.25) is 0 Å². The number of nitrogens with two attached hydrogens (primary N) is 1. The fraction of sp³-hybridized carbons (Fsp3) is 0.520. The Morgan fingerprint density at radius 2 is 1.11 bits per heavy atom. The van der Waals surface area contributed by atoms with Crippen LogP contribution in [0.1, 0.15) is 102 Å². The standard InChI is InChI=1S/C25H30N6O3S.C16H20ClN5O3S.C9H11N/c1-4-12-35-24-27-22(26-16-13-15(16)14-8-6-5-7-9-14)19-23(28-24)31(30-29-19)17-10-11-18(32)21-20(17)33-25(2,3)34-21;1-4-7-26-15-18-13(17)10-14(19-15)22(21-20-10)8-5-6-9(23)12-11(8)24-16(2,3)25-12;10-9-6-8(9)7-4-2-1-3-5-7/h5-11,15-18,20-21,32H,4,12-13H2,1-3H3,(H,26,27,28);5-6,8-9,11-12,23H,4,7H2,1-3H3;1-5,8-9H,6,10H2/t15-,16+,17+,18-,20-,21+;8-,9+,11+,12-;8-,9+/m010/s1. The number of fused-ring (bicyclic) bond motifs is 4. The summed E-state index contributed by atoms with van der Waals surface area (Å²) in [7, 11) is 0. The molecule has 0 unspecified atom stereocenters. The quantitative estimate of drug-likeness (QED) is 0.0401. The van der Waals surface area contributed by atoms with E-state index in [1.807, 2.05) is 52.0 Å². The van der Waals surface area contributed by atoms with Crippen LogP contribution in [-0.2, 0) is 18.9 Å². The van der Waals surface area contributed by atoms with Crippen LogP contribution in [0.25, 0.3) is 22.3 Å². The van der Waals surface area contributed by atoms with E-state index >= 15 is 0 Å². The van der Waals surface area contributed by atoms with E-state index in [0.717, 1.165) is 30.8 Å². The number of hydrogen-bond donors (Lipinski definition) is 4. The second-order valence-electron chi connectivity index (χ2n) is 19.5. The lowest BCUT2D eigenvalue weighted by atomic mass is 9.94. The molecule has 71 heavy (non-hydrogen) atoms. The van der Waals surface area contributed by atoms with Gasteiger partial charge < -0.3 is 40.2 Å². The number of benzene rings is 2. The van der Waals surface area contributed by atoms with Crippen molar-refractivity contribution >= 4 is 63.3 Å². The fourth-order valence-corrected chi connectivity index (χ4v) is 11.2. The minimum atomic E-state index is -0.792. The second kappa shape index (κ2) is 20.7. The molecule has 2 saturated carbocycles. The summed E-state index contributed by atoms with van der Waals surface area (Å²) in [4.78, 5) is 18.5. The van der Waals surface area contributed by atoms with Crippen molar-refractivity contribution in [2.24, 2.45) is 5.73 Å². The Hall–Kier alpha value is -4.61. The first-order valence-electron chi connectivity index (χ1n) is 24.4. The Bertz CT molecular complexity index is 2870. The number of rotatable bonds is 12. The number of aromatic nitrogens is 10. The van der Waals surface area contributed by atoms with Crippen LogP contribution in [0.15, 0.2) is 95.3 Å². The smallest absolute Gasteiger partial charge is 0.191 e. The van der Waals surface area contributed by atoms with Gasteiger partial charge in [-0.2, -0.15) is 0 Å². The van der Waals surface area contributed by atoms with E-state index in [1.54, 1.807) is 33.3 Å². The van der Waals surface area contributed by atoms with E-state index in [2.05, 4.69) is 98.3 Å². The zero-order valence-electron chi connectivity index (χ0n) is 40.5. The van der Waals surface area contributed by atoms with Gasteiger partial charge in [-0.1, -0.05) is 144 Å². The molecule has 2 aliphatic heterocycles. The minimum absolute atomic E-state index is 0.278. The summed E-state index contributed by atoms with van der Waals surface area (Å²) in [6.45, 7) is 11.6. The van der Waals surface area contributed by atoms with Gasteiger partial charge in [-0.05, 0) is 64.5 Å². The molecule has 0 spiro atoms. The molecule has 0 bridgehead atoms. The molecule has 18 nitrogen and oxygen atoms in total. The molecule has 5 N–H and O–H groups in total. The third kappa shape index (κ3) is 10.9. The van der Waals surface area contributed by atoms with E-state index in [9.17, 15) is 10.2 Å². The second-order valence-corrected chi connectivity index (χ2v) is 22.0. The molecule has 0 amide bonds. The van der Waals surface area contributed by atoms with Crippen molar-refractivity contribution in [3.05, 3.63) is 101 Å². The molecule has 376 valence electrons. The van der Waals surface area contributed by atoms with E-state index in [4.69, 9.17) is 46.3 Å². The maximum Gasteiger partial charge on any atom is 0.191 e. The molecule has 4 aliphatic carbocycles. The number of nitrogens with zero attached hydrogens (tertiary/aromatic N) is 10. The number of thioether (sulfide) groups is 2. The zero-order valence-corrected chi connectivity index (χ0v) is 42.9. The van der Waals surface area contributed by atoms with Crippen molar-refractivity contribution in [2.45, 2.75) is 162 Å². The number of halogens is 1. The van der Waals surface area contributed by atoms with Crippen LogP contribution < -0.4 is 11.1 Å². The Labute approximate surface area is 425 Å². The number of aliphatic hydroxyl groups is 2. The molecule has 0 radical (unpaired) electrons. The summed E-state index contributed by atoms with van der Waals surface area (Å²) < 4.78 is 27.5. The van der Waals surface area contributed by atoms with Gasteiger partial charge in [-0.25, -0.2) is 29.3 Å². The monoisotopic (exact) mass is 1020 g/mol. The first-order valence-corrected chi connectivity index (χ1v) is 26.8. The molecular weight excluding hydrogens is 964 g/mol. The molecule has 12 rings (SSSR count). The van der Waals surface area contributed by atoms with Crippen LogP contribution >= 0.6 is 35.1 Å². The van der Waals surface area contributed by atoms with Crippen LogP contribution in [-0.4, -0.2) is 132 Å². The average molecular weight is 1030 g/mol. The summed E-state index contributed by atoms with van der Waals surface area (Å²) >= 11 is 9.44. The topological polar surface area (TPSA) is 228 Å². The molecule has 2 saturated heterocycles. The Morgan fingerprint density at radius 3 is 1.62 bits per heavy atom. The summed E-state index contributed by atoms with van der Waals surface area (Å²) in [5.41, 5.74) is 10.7. The minimum Gasteiger partial charge on any atom is -0.386 e. The molecule has 4 fully saturated rings. The van der Waals surface area contributed by atoms with Gasteiger partial charge in [0.05, 0.1) is 0 Å². The third-order valence-corrected chi connectivity index (χ3v) is 15.5. The van der Waals surface area contributed by atoms with Crippen LogP contribution in [0.5, 0.6) is 0 Å². The molecule has 2 aromatic carbocycles. The average Bonchev–Trinajstić information content (AvgIpc) is 4.03. The molecule has 6 aliphatic rings. The lowest BCUT2D eigenvalue weighted by molar-refractivity contribution is -0.153. The number of ether oxygens (including phenoxy) is 4. The van der Waals surface area contributed by atoms with Crippen molar-refractivity contribution < 1.29 is 29.2 Å². The van der Waals surface area contributed by atoms with E-state index in [-0.39, 0.29) is 17.2 Å². The number of nitrogens with one attached hydrogen (secondary N) is 1. The Kier molecular flexibility index (Phi) is 14.6. The van der Waals surface area contributed by atoms with Gasteiger partial charge in [0, 0.05) is 35.4 Å². The summed E-state index contributed by atoms with van der Waals surface area (Å²) in [5.74, 6) is 2.07. The number of hydrogen-bond acceptors (Lipinski definition) is 18. The molecule has 6 heterocycles. The Morgan fingerprint density at radius 1 is 0.648 bits per heavy atom. The van der Waals surface area contributed by atoms with Gasteiger partial charge in [0.15, 0.2) is 55.2 Å². The summed E-state index contributed by atoms with van der Waals surface area (Å²) in [6.07, 6.45) is 8.20. The fourth-order valence-electron chi connectivity index (χ4n) is 9.53. The molecule has 12 atom stereocenters. The zero-order chi connectivity index (χ0) is 49.6. The van der Waals surface area contributed by atoms with Crippen molar-refractivity contribution in [3.63, 3.8) is 0 Å². The lowest BCUT2D eigenvalue weighted by Crippen LogP contribution is -2.42. The van der Waals surface area contributed by atoms with Crippen LogP contribution in [0.3, 0.4) is 0 Å². The predicted molar refractivity (Wildman–Crippen MR) is 272 cm³/mol. The van der Waals surface area contributed by atoms with Crippen LogP contribution in [0, 0.1) is 0 Å². The van der Waals surface area contributed by atoms with Gasteiger partial charge in [0.25, 0.3) is 0 Å². The highest BCUT2D eigenvalue weighted by Crippen LogP contribution is 2.45. The SMILES string of the molecule is CCCSc1nc(Cl)c2nnn([C@@H]3C=C[C@H](O)[C@H]4OC(C)(C)O[C@H]43)c2n1.CCCSc1nc(N[C@@H]2C[C@H]2c2ccccc2)c2nnn([C@@H]3C=C[C@H](O)[C@H]4OC(C)(C)O[C@H]43)c2n1.N[C@@H]1C[C@H]1c1ccccc1. The Balaban J connectivity index is 0.000000141. The molecule has 6 aromatic rings. The molecule has 21 heteroatoms. The summed E-state index contributed by atoms with van der Waals surface area (Å²) in [5, 5.41) is 43.2. The van der Waals surface area contributed by atoms with E-state index < -0.39 is 48.2 Å². The van der Waals surface area contributed by atoms with Gasteiger partial charge in [0.1, 0.15) is 48.7 Å². The van der Waals surface area contributed by atoms with Crippen molar-refractivity contribution in [2.75, 3.05) is 16.8 Å². The highest BCUT2D eigenvalue weighted by Gasteiger charge is 2.52. The highest BCUT2D eigenvalue weighted by molar-refractivity contribution is 7.99. The van der Waals surface area contributed by atoms with Gasteiger partial charge in [-0.3, -0.25) is 0 Å². The largest absolute Gasteiger partial charge is 0.386 e. The number of aliphatic hydroxyl groups excluding tert-OH is 2. The molecular formula is C50H61ClN12O6S2. The van der Waals surface area contributed by atoms with E-state index in [1.165, 1.54) is 29.3 Å². The van der Waals surface area contributed by atoms with E-state index in [0.29, 0.717) is 62.4 Å². The van der Waals surface area contributed by atoms with Crippen LogP contribution in [0.4, 0.5) is 5.82 Å². The summed E-state index contributed by atoms with van der Waals surface area (Å²) in [6, 6.07) is 21.1. The van der Waals surface area contributed by atoms with Crippen molar-refractivity contribution in [1.82, 2.24) is 49.9 Å². The predicted octanol–water partition coefficient (Wildman–Crippen LogP) is 7.55.